The third-order valence-corrected chi connectivity index (χ3v) is 4.89. The van der Waals surface area contributed by atoms with Gasteiger partial charge in [0.1, 0.15) is 0 Å². The van der Waals surface area contributed by atoms with E-state index < -0.39 is 0 Å². The molecule has 0 bridgehead atoms. The molecule has 0 saturated carbocycles. The number of nitrogens with zero attached hydrogens (tertiary/aromatic N) is 2. The predicted molar refractivity (Wildman–Crippen MR) is 102 cm³/mol. The molecule has 0 aliphatic heterocycles. The predicted octanol–water partition coefficient (Wildman–Crippen LogP) is 2.59. The number of aromatic amines is 1. The van der Waals surface area contributed by atoms with Crippen LogP contribution >= 0.6 is 11.8 Å². The largest absolute Gasteiger partial charge is 0.349 e. The van der Waals surface area contributed by atoms with E-state index in [-0.39, 0.29) is 23.4 Å². The molecular weight excluding hydrogens is 348 g/mol. The number of nitrogens with one attached hydrogen (secondary N) is 2. The molecule has 1 amide bonds. The van der Waals surface area contributed by atoms with Gasteiger partial charge >= 0.3 is 5.69 Å². The summed E-state index contributed by atoms with van der Waals surface area (Å²) >= 11 is 1.24. The number of carbonyl (C=O) groups is 1. The van der Waals surface area contributed by atoms with Gasteiger partial charge in [0.25, 0.3) is 0 Å². The third-order valence-electron chi connectivity index (χ3n) is 3.92. The Balaban J connectivity index is 1.60. The lowest BCUT2D eigenvalue weighted by atomic mass is 10.1. The van der Waals surface area contributed by atoms with Crippen molar-refractivity contribution in [3.05, 3.63) is 82.3 Å². The zero-order valence-corrected chi connectivity index (χ0v) is 15.2. The zero-order chi connectivity index (χ0) is 18.4. The van der Waals surface area contributed by atoms with Crippen LogP contribution < -0.4 is 11.0 Å². The van der Waals surface area contributed by atoms with Gasteiger partial charge in [0.05, 0.1) is 18.3 Å². The quantitative estimate of drug-likeness (QED) is 0.628. The summed E-state index contributed by atoms with van der Waals surface area (Å²) < 4.78 is 1.54. The number of carbonyl (C=O) groups excluding carboxylic acids is 1. The molecule has 0 unspecified atom stereocenters. The lowest BCUT2D eigenvalue weighted by Crippen LogP contribution is -2.28. The Labute approximate surface area is 155 Å². The molecule has 3 rings (SSSR count). The number of thioether (sulfide) groups is 1. The van der Waals surface area contributed by atoms with Gasteiger partial charge in [-0.25, -0.2) is 9.89 Å². The molecule has 0 spiro atoms. The van der Waals surface area contributed by atoms with E-state index in [0.29, 0.717) is 11.7 Å². The maximum absolute atomic E-state index is 12.2. The Bertz CT molecular complexity index is 906. The van der Waals surface area contributed by atoms with Gasteiger partial charge in [-0.3, -0.25) is 9.36 Å². The van der Waals surface area contributed by atoms with Gasteiger partial charge in [-0.15, -0.1) is 5.10 Å². The Hall–Kier alpha value is -2.80. The summed E-state index contributed by atoms with van der Waals surface area (Å²) in [5, 5.41) is 9.94. The second kappa shape index (κ2) is 8.53. The minimum atomic E-state index is -0.283. The van der Waals surface area contributed by atoms with E-state index in [4.69, 9.17) is 0 Å². The van der Waals surface area contributed by atoms with Crippen LogP contribution in [0.3, 0.4) is 0 Å². The fraction of sp³-hybridized carbons (Fsp3) is 0.211. The normalized spacial score (nSPS) is 11.9. The molecule has 0 radical (unpaired) electrons. The first-order valence-corrected chi connectivity index (χ1v) is 9.28. The Morgan fingerprint density at radius 3 is 2.50 bits per heavy atom. The van der Waals surface area contributed by atoms with Crippen molar-refractivity contribution < 1.29 is 4.79 Å². The van der Waals surface area contributed by atoms with Gasteiger partial charge in [-0.1, -0.05) is 72.4 Å². The summed E-state index contributed by atoms with van der Waals surface area (Å²) in [5.41, 5.74) is 1.76. The number of hydrogen-bond donors (Lipinski definition) is 2. The molecule has 2 aromatic carbocycles. The molecule has 26 heavy (non-hydrogen) atoms. The average molecular weight is 368 g/mol. The van der Waals surface area contributed by atoms with Crippen LogP contribution in [0, 0.1) is 0 Å². The SMILES string of the molecule is C[C@H](NC(=O)CSc1n[nH]c(=O)n1Cc1ccccc1)c1ccccc1. The zero-order valence-electron chi connectivity index (χ0n) is 14.4. The van der Waals surface area contributed by atoms with E-state index in [9.17, 15) is 9.59 Å². The summed E-state index contributed by atoms with van der Waals surface area (Å²) in [6.07, 6.45) is 0. The van der Waals surface area contributed by atoms with Crippen molar-refractivity contribution in [1.29, 1.82) is 0 Å². The van der Waals surface area contributed by atoms with Crippen LogP contribution in [0.1, 0.15) is 24.1 Å². The first kappa shape index (κ1) is 18.0. The molecule has 2 N–H and O–H groups in total. The number of aromatic nitrogens is 3. The smallest absolute Gasteiger partial charge is 0.344 e. The van der Waals surface area contributed by atoms with Gasteiger partial charge in [-0.2, -0.15) is 0 Å². The molecule has 134 valence electrons. The Morgan fingerprint density at radius 1 is 1.15 bits per heavy atom. The average Bonchev–Trinajstić information content (AvgIpc) is 3.01. The monoisotopic (exact) mass is 368 g/mol. The Morgan fingerprint density at radius 2 is 1.81 bits per heavy atom. The minimum Gasteiger partial charge on any atom is -0.349 e. The first-order valence-electron chi connectivity index (χ1n) is 8.29. The fourth-order valence-corrected chi connectivity index (χ4v) is 3.31. The van der Waals surface area contributed by atoms with Crippen LogP contribution in [-0.2, 0) is 11.3 Å². The fourth-order valence-electron chi connectivity index (χ4n) is 2.56. The van der Waals surface area contributed by atoms with Gasteiger partial charge in [0.15, 0.2) is 5.16 Å². The number of H-pyrrole nitrogens is 1. The maximum Gasteiger partial charge on any atom is 0.344 e. The molecule has 0 aliphatic carbocycles. The summed E-state index contributed by atoms with van der Waals surface area (Å²) in [5.74, 6) is 0.0871. The molecule has 1 atom stereocenters. The number of hydrogen-bond acceptors (Lipinski definition) is 4. The molecule has 0 saturated heterocycles. The van der Waals surface area contributed by atoms with Crippen molar-refractivity contribution in [3.8, 4) is 0 Å². The van der Waals surface area contributed by atoms with E-state index in [1.54, 1.807) is 0 Å². The maximum atomic E-state index is 12.2. The van der Waals surface area contributed by atoms with E-state index in [0.717, 1.165) is 11.1 Å². The molecule has 0 fully saturated rings. The molecular formula is C19H20N4O2S. The second-order valence-corrected chi connectivity index (χ2v) is 6.81. The van der Waals surface area contributed by atoms with E-state index in [1.165, 1.54) is 16.3 Å². The van der Waals surface area contributed by atoms with Crippen molar-refractivity contribution in [3.63, 3.8) is 0 Å². The highest BCUT2D eigenvalue weighted by Crippen LogP contribution is 2.16. The highest BCUT2D eigenvalue weighted by atomic mass is 32.2. The number of benzene rings is 2. The highest BCUT2D eigenvalue weighted by molar-refractivity contribution is 7.99. The van der Waals surface area contributed by atoms with Gasteiger partial charge in [0.2, 0.25) is 5.91 Å². The number of rotatable bonds is 7. The van der Waals surface area contributed by atoms with Gasteiger partial charge < -0.3 is 5.32 Å². The molecule has 6 nitrogen and oxygen atoms in total. The van der Waals surface area contributed by atoms with Crippen molar-refractivity contribution in [1.82, 2.24) is 20.1 Å². The minimum absolute atomic E-state index is 0.0741. The highest BCUT2D eigenvalue weighted by Gasteiger charge is 2.14. The molecule has 1 heterocycles. The lowest BCUT2D eigenvalue weighted by molar-refractivity contribution is -0.119. The van der Waals surface area contributed by atoms with E-state index >= 15 is 0 Å². The van der Waals surface area contributed by atoms with Gasteiger partial charge in [-0.05, 0) is 18.1 Å². The first-order chi connectivity index (χ1) is 12.6. The summed E-state index contributed by atoms with van der Waals surface area (Å²) in [6, 6.07) is 19.4. The standard InChI is InChI=1S/C19H20N4O2S/c1-14(16-10-6-3-7-11-16)20-17(24)13-26-19-22-21-18(25)23(19)12-15-8-4-2-5-9-15/h2-11,14H,12-13H2,1H3,(H,20,24)(H,21,25)/t14-/m0/s1. The molecule has 0 aliphatic rings. The van der Waals surface area contributed by atoms with Crippen molar-refractivity contribution >= 4 is 17.7 Å². The summed E-state index contributed by atoms with van der Waals surface area (Å²) in [4.78, 5) is 24.2. The Kier molecular flexibility index (Phi) is 5.91. The van der Waals surface area contributed by atoms with Crippen molar-refractivity contribution in [2.75, 3.05) is 5.75 Å². The topological polar surface area (TPSA) is 79.8 Å². The van der Waals surface area contributed by atoms with Crippen LogP contribution in [0.4, 0.5) is 0 Å². The summed E-state index contributed by atoms with van der Waals surface area (Å²) in [7, 11) is 0. The van der Waals surface area contributed by atoms with Crippen molar-refractivity contribution in [2.24, 2.45) is 0 Å². The van der Waals surface area contributed by atoms with Crippen LogP contribution in [0.5, 0.6) is 0 Å². The third kappa shape index (κ3) is 4.64. The van der Waals surface area contributed by atoms with Crippen LogP contribution in [0.2, 0.25) is 0 Å². The van der Waals surface area contributed by atoms with Gasteiger partial charge in [0, 0.05) is 0 Å². The number of amides is 1. The summed E-state index contributed by atoms with van der Waals surface area (Å²) in [6.45, 7) is 2.36. The van der Waals surface area contributed by atoms with Crippen LogP contribution in [0.15, 0.2) is 70.6 Å². The second-order valence-electron chi connectivity index (χ2n) is 5.87. The van der Waals surface area contributed by atoms with E-state index in [1.807, 2.05) is 67.6 Å². The van der Waals surface area contributed by atoms with Crippen LogP contribution in [-0.4, -0.2) is 26.4 Å². The molecule has 3 aromatic rings. The van der Waals surface area contributed by atoms with E-state index in [2.05, 4.69) is 15.5 Å². The molecule has 7 heteroatoms. The molecule has 1 aromatic heterocycles. The van der Waals surface area contributed by atoms with Crippen LogP contribution in [0.25, 0.3) is 0 Å². The lowest BCUT2D eigenvalue weighted by Gasteiger charge is -2.14. The van der Waals surface area contributed by atoms with Crippen molar-refractivity contribution in [2.45, 2.75) is 24.7 Å².